The van der Waals surface area contributed by atoms with Gasteiger partial charge in [0, 0.05) is 0 Å². The van der Waals surface area contributed by atoms with Crippen LogP contribution in [0, 0.1) is 0 Å². The van der Waals surface area contributed by atoms with Gasteiger partial charge in [0.15, 0.2) is 0 Å². The summed E-state index contributed by atoms with van der Waals surface area (Å²) in [6.45, 7) is 1.67. The molecule has 0 saturated heterocycles. The van der Waals surface area contributed by atoms with E-state index in [-0.39, 0.29) is 18.5 Å². The number of carbonyl (C=O) groups is 1. The molecule has 2 unspecified atom stereocenters. The van der Waals surface area contributed by atoms with Crippen molar-refractivity contribution in [2.75, 3.05) is 19.0 Å². The summed E-state index contributed by atoms with van der Waals surface area (Å²) in [5, 5.41) is 18.4. The molecule has 0 aromatic heterocycles. The number of ether oxygens (including phenoxy) is 1. The van der Waals surface area contributed by atoms with Crippen molar-refractivity contribution in [3.05, 3.63) is 35.9 Å². The first-order valence-electron chi connectivity index (χ1n) is 5.79. The predicted octanol–water partition coefficient (Wildman–Crippen LogP) is 1.94. The fourth-order valence-corrected chi connectivity index (χ4v) is 2.62. The average Bonchev–Trinajstić information content (AvgIpc) is 2.36. The van der Waals surface area contributed by atoms with Crippen LogP contribution in [0.4, 0.5) is 0 Å². The number of carboxylic acid groups (broad SMARTS) is 1. The van der Waals surface area contributed by atoms with Crippen LogP contribution >= 0.6 is 11.8 Å². The zero-order valence-corrected chi connectivity index (χ0v) is 11.1. The van der Waals surface area contributed by atoms with Gasteiger partial charge in [0.2, 0.25) is 0 Å². The smallest absolute Gasteiger partial charge is 0.329 e. The normalized spacial score (nSPS) is 14.1. The van der Waals surface area contributed by atoms with Crippen molar-refractivity contribution >= 4 is 17.7 Å². The molecule has 0 aliphatic carbocycles. The Morgan fingerprint density at radius 2 is 2.06 bits per heavy atom. The summed E-state index contributed by atoms with van der Waals surface area (Å²) in [6, 6.07) is 9.67. The van der Waals surface area contributed by atoms with Crippen molar-refractivity contribution < 1.29 is 19.7 Å². The first-order chi connectivity index (χ1) is 8.65. The highest BCUT2D eigenvalue weighted by molar-refractivity contribution is 7.99. The minimum atomic E-state index is -1.03. The molecule has 0 radical (unpaired) electrons. The summed E-state index contributed by atoms with van der Waals surface area (Å²) in [7, 11) is 0. The summed E-state index contributed by atoms with van der Waals surface area (Å²) in [4.78, 5) is 10.3. The first-order valence-corrected chi connectivity index (χ1v) is 6.84. The van der Waals surface area contributed by atoms with Crippen LogP contribution in [0.2, 0.25) is 0 Å². The summed E-state index contributed by atoms with van der Waals surface area (Å²) < 4.78 is 4.94. The Labute approximate surface area is 111 Å². The van der Waals surface area contributed by atoms with E-state index in [2.05, 4.69) is 0 Å². The van der Waals surface area contributed by atoms with Crippen LogP contribution in [-0.4, -0.2) is 41.3 Å². The molecule has 100 valence electrons. The van der Waals surface area contributed by atoms with Gasteiger partial charge in [0.1, 0.15) is 6.61 Å². The molecule has 0 spiro atoms. The zero-order valence-electron chi connectivity index (χ0n) is 10.3. The van der Waals surface area contributed by atoms with Crippen molar-refractivity contribution in [2.45, 2.75) is 18.3 Å². The molecule has 1 aromatic carbocycles. The molecule has 2 atom stereocenters. The summed E-state index contributed by atoms with van der Waals surface area (Å²) in [5.41, 5.74) is 1.02. The highest BCUT2D eigenvalue weighted by Gasteiger charge is 2.21. The molecule has 4 nitrogen and oxygen atoms in total. The van der Waals surface area contributed by atoms with Gasteiger partial charge in [-0.1, -0.05) is 37.3 Å². The molecule has 2 N–H and O–H groups in total. The van der Waals surface area contributed by atoms with Gasteiger partial charge in [-0.25, -0.2) is 4.79 Å². The van der Waals surface area contributed by atoms with Gasteiger partial charge in [0.25, 0.3) is 0 Å². The molecule has 5 heteroatoms. The molecule has 0 aliphatic rings. The molecule has 0 bridgehead atoms. The molecular formula is C13H18O4S. The second-order valence-electron chi connectivity index (χ2n) is 3.76. The van der Waals surface area contributed by atoms with Gasteiger partial charge in [-0.2, -0.15) is 11.8 Å². The monoisotopic (exact) mass is 270 g/mol. The van der Waals surface area contributed by atoms with E-state index in [0.29, 0.717) is 0 Å². The Morgan fingerprint density at radius 1 is 1.39 bits per heavy atom. The number of thioether (sulfide) groups is 1. The van der Waals surface area contributed by atoms with Gasteiger partial charge in [0.05, 0.1) is 18.0 Å². The van der Waals surface area contributed by atoms with Crippen LogP contribution in [0.15, 0.2) is 30.3 Å². The topological polar surface area (TPSA) is 66.8 Å². The number of benzene rings is 1. The van der Waals surface area contributed by atoms with Crippen molar-refractivity contribution in [3.8, 4) is 0 Å². The lowest BCUT2D eigenvalue weighted by Gasteiger charge is -2.22. The van der Waals surface area contributed by atoms with E-state index in [0.717, 1.165) is 11.3 Å². The van der Waals surface area contributed by atoms with Gasteiger partial charge in [-0.15, -0.1) is 0 Å². The van der Waals surface area contributed by atoms with Crippen molar-refractivity contribution in [2.24, 2.45) is 0 Å². The minimum absolute atomic E-state index is 0.0266. The first kappa shape index (κ1) is 15.0. The maximum atomic E-state index is 10.3. The highest BCUT2D eigenvalue weighted by Crippen LogP contribution is 2.31. The Balaban J connectivity index is 2.58. The van der Waals surface area contributed by atoms with Gasteiger partial charge in [-0.3, -0.25) is 0 Å². The molecule has 1 rings (SSSR count). The molecule has 0 aliphatic heterocycles. The standard InChI is InChI=1S/C13H18O4S/c1-2-18-13(10-6-4-3-5-7-10)11(14)8-17-9-12(15)16/h3-7,11,13-14H,2,8-9H2,1H3,(H,15,16). The third-order valence-electron chi connectivity index (χ3n) is 2.34. The van der Waals surface area contributed by atoms with Crippen LogP contribution in [0.1, 0.15) is 17.7 Å². The van der Waals surface area contributed by atoms with E-state index in [1.54, 1.807) is 11.8 Å². The Hall–Kier alpha value is -1.04. The molecule has 0 saturated carbocycles. The number of aliphatic carboxylic acids is 1. The van der Waals surface area contributed by atoms with E-state index in [1.165, 1.54) is 0 Å². The van der Waals surface area contributed by atoms with E-state index in [9.17, 15) is 9.90 Å². The number of aliphatic hydroxyl groups excluding tert-OH is 1. The van der Waals surface area contributed by atoms with E-state index in [4.69, 9.17) is 9.84 Å². The molecule has 18 heavy (non-hydrogen) atoms. The second kappa shape index (κ2) is 8.13. The van der Waals surface area contributed by atoms with E-state index in [1.807, 2.05) is 37.3 Å². The van der Waals surface area contributed by atoms with Gasteiger partial charge >= 0.3 is 5.97 Å². The quantitative estimate of drug-likeness (QED) is 0.755. The van der Waals surface area contributed by atoms with Crippen molar-refractivity contribution in [1.29, 1.82) is 0 Å². The molecule has 1 aromatic rings. The summed E-state index contributed by atoms with van der Waals surface area (Å²) in [5.74, 6) is -0.156. The zero-order chi connectivity index (χ0) is 13.4. The predicted molar refractivity (Wildman–Crippen MR) is 71.8 cm³/mol. The molecule has 0 fully saturated rings. The largest absolute Gasteiger partial charge is 0.480 e. The van der Waals surface area contributed by atoms with Crippen molar-refractivity contribution in [1.82, 2.24) is 0 Å². The molecule has 0 heterocycles. The number of rotatable bonds is 8. The number of hydrogen-bond donors (Lipinski definition) is 2. The van der Waals surface area contributed by atoms with Gasteiger partial charge < -0.3 is 14.9 Å². The maximum Gasteiger partial charge on any atom is 0.329 e. The van der Waals surface area contributed by atoms with Crippen LogP contribution in [0.3, 0.4) is 0 Å². The SMILES string of the molecule is CCSC(c1ccccc1)C(O)COCC(=O)O. The number of aliphatic hydroxyl groups is 1. The second-order valence-corrected chi connectivity index (χ2v) is 5.18. The third-order valence-corrected chi connectivity index (χ3v) is 3.62. The lowest BCUT2D eigenvalue weighted by molar-refractivity contribution is -0.143. The third kappa shape index (κ3) is 5.08. The minimum Gasteiger partial charge on any atom is -0.480 e. The Morgan fingerprint density at radius 3 is 2.61 bits per heavy atom. The number of hydrogen-bond acceptors (Lipinski definition) is 4. The fraction of sp³-hybridized carbons (Fsp3) is 0.462. The number of carboxylic acids is 1. The maximum absolute atomic E-state index is 10.3. The van der Waals surface area contributed by atoms with E-state index < -0.39 is 12.1 Å². The van der Waals surface area contributed by atoms with Crippen molar-refractivity contribution in [3.63, 3.8) is 0 Å². The average molecular weight is 270 g/mol. The lowest BCUT2D eigenvalue weighted by atomic mass is 10.1. The van der Waals surface area contributed by atoms with Crippen LogP contribution in [0.25, 0.3) is 0 Å². The highest BCUT2D eigenvalue weighted by atomic mass is 32.2. The van der Waals surface area contributed by atoms with E-state index >= 15 is 0 Å². The van der Waals surface area contributed by atoms with Crippen LogP contribution in [0.5, 0.6) is 0 Å². The Kier molecular flexibility index (Phi) is 6.78. The fourth-order valence-electron chi connectivity index (χ4n) is 1.61. The molecule has 0 amide bonds. The van der Waals surface area contributed by atoms with Crippen LogP contribution in [-0.2, 0) is 9.53 Å². The summed E-state index contributed by atoms with van der Waals surface area (Å²) >= 11 is 1.62. The molecular weight excluding hydrogens is 252 g/mol. The lowest BCUT2D eigenvalue weighted by Crippen LogP contribution is -2.24. The van der Waals surface area contributed by atoms with Crippen LogP contribution < -0.4 is 0 Å². The van der Waals surface area contributed by atoms with Gasteiger partial charge in [-0.05, 0) is 11.3 Å². The summed E-state index contributed by atoms with van der Waals surface area (Å²) in [6.07, 6.45) is -0.711. The Bertz CT molecular complexity index is 355.